The van der Waals surface area contributed by atoms with E-state index < -0.39 is 5.91 Å². The summed E-state index contributed by atoms with van der Waals surface area (Å²) >= 11 is 1.39. The van der Waals surface area contributed by atoms with Gasteiger partial charge in [0, 0.05) is 23.4 Å². The lowest BCUT2D eigenvalue weighted by Gasteiger charge is -2.38. The Balaban J connectivity index is 1.81. The Morgan fingerprint density at radius 2 is 1.96 bits per heavy atom. The number of amides is 2. The van der Waals surface area contributed by atoms with Crippen LogP contribution in [-0.2, 0) is 23.2 Å². The molecule has 0 saturated heterocycles. The number of benzene rings is 1. The number of carbonyl (C=O) groups is 2. The fraction of sp³-hybridized carbons (Fsp3) is 0.400. The predicted octanol–water partition coefficient (Wildman–Crippen LogP) is 3.35. The van der Waals surface area contributed by atoms with E-state index in [2.05, 4.69) is 39.8 Å². The van der Waals surface area contributed by atoms with Crippen molar-refractivity contribution < 1.29 is 14.8 Å². The SMILES string of the molecule is Cc1ccc(CC(=O)N2Cc3cc(C(=O)NO)sc3C(C)(C)C2)cc1C. The van der Waals surface area contributed by atoms with Crippen molar-refractivity contribution >= 4 is 23.2 Å². The van der Waals surface area contributed by atoms with Crippen LogP contribution < -0.4 is 5.48 Å². The summed E-state index contributed by atoms with van der Waals surface area (Å²) in [6, 6.07) is 7.91. The van der Waals surface area contributed by atoms with Gasteiger partial charge in [0.2, 0.25) is 5.91 Å². The zero-order valence-electron chi connectivity index (χ0n) is 15.5. The van der Waals surface area contributed by atoms with E-state index in [4.69, 9.17) is 5.21 Å². The molecule has 26 heavy (non-hydrogen) atoms. The second-order valence-corrected chi connectivity index (χ2v) is 8.69. The molecule has 1 aliphatic rings. The van der Waals surface area contributed by atoms with Gasteiger partial charge < -0.3 is 4.90 Å². The highest BCUT2D eigenvalue weighted by atomic mass is 32.1. The molecule has 1 aliphatic heterocycles. The highest BCUT2D eigenvalue weighted by Crippen LogP contribution is 2.39. The topological polar surface area (TPSA) is 69.6 Å². The number of fused-ring (bicyclic) bond motifs is 1. The molecule has 2 amide bonds. The molecule has 138 valence electrons. The highest BCUT2D eigenvalue weighted by molar-refractivity contribution is 7.14. The molecule has 3 rings (SSSR count). The first-order valence-electron chi connectivity index (χ1n) is 8.63. The monoisotopic (exact) mass is 372 g/mol. The lowest BCUT2D eigenvalue weighted by molar-refractivity contribution is -0.132. The van der Waals surface area contributed by atoms with Gasteiger partial charge in [-0.3, -0.25) is 14.8 Å². The minimum absolute atomic E-state index is 0.0892. The van der Waals surface area contributed by atoms with E-state index in [1.807, 2.05) is 11.0 Å². The van der Waals surface area contributed by atoms with Crippen LogP contribution in [0.1, 0.15) is 50.7 Å². The number of hydroxylamine groups is 1. The number of nitrogens with zero attached hydrogens (tertiary/aromatic N) is 1. The van der Waals surface area contributed by atoms with Crippen LogP contribution in [-0.4, -0.2) is 28.5 Å². The minimum atomic E-state index is -0.506. The Morgan fingerprint density at radius 1 is 1.23 bits per heavy atom. The lowest BCUT2D eigenvalue weighted by atomic mass is 9.85. The number of carbonyl (C=O) groups excluding carboxylic acids is 2. The van der Waals surface area contributed by atoms with Gasteiger partial charge in [0.25, 0.3) is 5.91 Å². The van der Waals surface area contributed by atoms with E-state index in [9.17, 15) is 9.59 Å². The van der Waals surface area contributed by atoms with Crippen LogP contribution in [0.4, 0.5) is 0 Å². The average Bonchev–Trinajstić information content (AvgIpc) is 3.02. The summed E-state index contributed by atoms with van der Waals surface area (Å²) in [5.74, 6) is -0.417. The van der Waals surface area contributed by atoms with Crippen LogP contribution in [0.3, 0.4) is 0 Å². The average molecular weight is 372 g/mol. The smallest absolute Gasteiger partial charge is 0.284 e. The Labute approximate surface area is 157 Å². The van der Waals surface area contributed by atoms with Crippen LogP contribution in [0.15, 0.2) is 24.3 Å². The van der Waals surface area contributed by atoms with E-state index in [1.54, 1.807) is 11.5 Å². The molecule has 1 aromatic heterocycles. The fourth-order valence-corrected chi connectivity index (χ4v) is 4.63. The summed E-state index contributed by atoms with van der Waals surface area (Å²) in [4.78, 5) is 28.0. The number of thiophene rings is 1. The number of hydrogen-bond donors (Lipinski definition) is 2. The van der Waals surface area contributed by atoms with Crippen molar-refractivity contribution in [3.63, 3.8) is 0 Å². The summed E-state index contributed by atoms with van der Waals surface area (Å²) in [7, 11) is 0. The van der Waals surface area contributed by atoms with Crippen molar-refractivity contribution in [2.24, 2.45) is 0 Å². The van der Waals surface area contributed by atoms with Gasteiger partial charge in [0.05, 0.1) is 11.3 Å². The van der Waals surface area contributed by atoms with Gasteiger partial charge in [-0.15, -0.1) is 11.3 Å². The summed E-state index contributed by atoms with van der Waals surface area (Å²) in [5, 5.41) is 8.87. The molecule has 6 heteroatoms. The minimum Gasteiger partial charge on any atom is -0.337 e. The summed E-state index contributed by atoms with van der Waals surface area (Å²) in [6.45, 7) is 9.39. The van der Waals surface area contributed by atoms with Crippen molar-refractivity contribution in [2.75, 3.05) is 6.54 Å². The maximum Gasteiger partial charge on any atom is 0.284 e. The number of nitrogens with one attached hydrogen (secondary N) is 1. The van der Waals surface area contributed by atoms with E-state index in [0.29, 0.717) is 24.4 Å². The number of hydrogen-bond acceptors (Lipinski definition) is 4. The number of rotatable bonds is 3. The molecule has 2 heterocycles. The molecule has 0 fully saturated rings. The Kier molecular flexibility index (Phi) is 4.90. The molecular formula is C20H24N2O3S. The molecule has 0 bridgehead atoms. The van der Waals surface area contributed by atoms with Crippen molar-refractivity contribution in [2.45, 2.75) is 46.1 Å². The van der Waals surface area contributed by atoms with Crippen molar-refractivity contribution in [3.8, 4) is 0 Å². The highest BCUT2D eigenvalue weighted by Gasteiger charge is 2.36. The standard InChI is InChI=1S/C20H24N2O3S/c1-12-5-6-14(7-13(12)2)8-17(23)22-10-15-9-16(19(24)21-25)26-18(15)20(3,4)11-22/h5-7,9,25H,8,10-11H2,1-4H3,(H,21,24). The molecule has 0 spiro atoms. The maximum atomic E-state index is 12.9. The molecule has 0 unspecified atom stereocenters. The van der Waals surface area contributed by atoms with Gasteiger partial charge in [-0.2, -0.15) is 0 Å². The third-order valence-electron chi connectivity index (χ3n) is 4.98. The molecule has 0 saturated carbocycles. The van der Waals surface area contributed by atoms with E-state index in [0.717, 1.165) is 16.0 Å². The normalized spacial score (nSPS) is 15.5. The van der Waals surface area contributed by atoms with E-state index in [-0.39, 0.29) is 11.3 Å². The Bertz CT molecular complexity index is 870. The van der Waals surface area contributed by atoms with Gasteiger partial charge in [-0.1, -0.05) is 32.0 Å². The summed E-state index contributed by atoms with van der Waals surface area (Å²) in [5.41, 5.74) is 5.87. The van der Waals surface area contributed by atoms with Gasteiger partial charge in [-0.05, 0) is 42.2 Å². The van der Waals surface area contributed by atoms with Gasteiger partial charge in [-0.25, -0.2) is 5.48 Å². The van der Waals surface area contributed by atoms with Crippen molar-refractivity contribution in [3.05, 3.63) is 56.3 Å². The molecule has 0 aliphatic carbocycles. The molecule has 5 nitrogen and oxygen atoms in total. The molecule has 0 atom stereocenters. The Hall–Kier alpha value is -2.18. The zero-order valence-corrected chi connectivity index (χ0v) is 16.4. The van der Waals surface area contributed by atoms with E-state index >= 15 is 0 Å². The van der Waals surface area contributed by atoms with Crippen LogP contribution in [0.2, 0.25) is 0 Å². The van der Waals surface area contributed by atoms with Crippen molar-refractivity contribution in [1.29, 1.82) is 0 Å². The molecular weight excluding hydrogens is 348 g/mol. The predicted molar refractivity (Wildman–Crippen MR) is 102 cm³/mol. The van der Waals surface area contributed by atoms with E-state index in [1.165, 1.54) is 22.5 Å². The van der Waals surface area contributed by atoms with Gasteiger partial charge >= 0.3 is 0 Å². The Morgan fingerprint density at radius 3 is 2.62 bits per heavy atom. The third kappa shape index (κ3) is 3.52. The third-order valence-corrected chi connectivity index (χ3v) is 6.52. The first-order chi connectivity index (χ1) is 12.2. The zero-order chi connectivity index (χ0) is 19.1. The molecule has 2 aromatic rings. The first kappa shape index (κ1) is 18.6. The van der Waals surface area contributed by atoms with Crippen LogP contribution in [0.5, 0.6) is 0 Å². The maximum absolute atomic E-state index is 12.9. The van der Waals surface area contributed by atoms with Crippen LogP contribution in [0, 0.1) is 13.8 Å². The largest absolute Gasteiger partial charge is 0.337 e. The molecule has 0 radical (unpaired) electrons. The molecule has 2 N–H and O–H groups in total. The lowest BCUT2D eigenvalue weighted by Crippen LogP contribution is -2.44. The first-order valence-corrected chi connectivity index (χ1v) is 9.44. The second-order valence-electron chi connectivity index (χ2n) is 7.64. The summed E-state index contributed by atoms with van der Waals surface area (Å²) < 4.78 is 0. The van der Waals surface area contributed by atoms with Crippen molar-refractivity contribution in [1.82, 2.24) is 10.4 Å². The van der Waals surface area contributed by atoms with Crippen LogP contribution in [0.25, 0.3) is 0 Å². The van der Waals surface area contributed by atoms with Gasteiger partial charge in [0.1, 0.15) is 0 Å². The fourth-order valence-electron chi connectivity index (χ4n) is 3.47. The van der Waals surface area contributed by atoms with Gasteiger partial charge in [0.15, 0.2) is 0 Å². The quantitative estimate of drug-likeness (QED) is 0.641. The molecule has 1 aromatic carbocycles. The summed E-state index contributed by atoms with van der Waals surface area (Å²) in [6.07, 6.45) is 0.376. The number of aryl methyl sites for hydroxylation is 2. The second kappa shape index (κ2) is 6.85. The van der Waals surface area contributed by atoms with Crippen LogP contribution >= 0.6 is 11.3 Å².